The molecule has 0 aliphatic carbocycles. The van der Waals surface area contributed by atoms with E-state index in [9.17, 15) is 18.3 Å². The van der Waals surface area contributed by atoms with Crippen molar-refractivity contribution in [3.63, 3.8) is 0 Å². The number of H-pyrrole nitrogens is 1. The number of nitrogens with zero attached hydrogens (tertiary/aromatic N) is 3. The third-order valence-corrected chi connectivity index (χ3v) is 7.72. The van der Waals surface area contributed by atoms with Crippen LogP contribution in [0.2, 0.25) is 0 Å². The lowest BCUT2D eigenvalue weighted by molar-refractivity contribution is 0.0213. The highest BCUT2D eigenvalue weighted by Gasteiger charge is 2.55. The molecule has 2 aromatic heterocycles. The van der Waals surface area contributed by atoms with Crippen LogP contribution in [0.4, 0.5) is 0 Å². The minimum Gasteiger partial charge on any atom is -0.497 e. The summed E-state index contributed by atoms with van der Waals surface area (Å²) in [4.78, 5) is 22.0. The van der Waals surface area contributed by atoms with Crippen LogP contribution in [0.5, 0.6) is 5.75 Å². The molecular weight excluding hydrogens is 432 g/mol. The molecule has 0 unspecified atom stereocenters. The highest BCUT2D eigenvalue weighted by Crippen LogP contribution is 2.49. The lowest BCUT2D eigenvalue weighted by Gasteiger charge is -2.55. The van der Waals surface area contributed by atoms with Crippen molar-refractivity contribution >= 4 is 26.8 Å². The molecule has 0 bridgehead atoms. The van der Waals surface area contributed by atoms with Crippen LogP contribution in [-0.4, -0.2) is 78.2 Å². The summed E-state index contributed by atoms with van der Waals surface area (Å²) in [7, 11) is -2.02. The van der Waals surface area contributed by atoms with Gasteiger partial charge in [0, 0.05) is 60.1 Å². The first-order valence-electron chi connectivity index (χ1n) is 10.2. The van der Waals surface area contributed by atoms with Crippen LogP contribution in [0, 0.1) is 0 Å². The number of nitrogens with one attached hydrogen (secondary N) is 1. The Morgan fingerprint density at radius 2 is 2.09 bits per heavy atom. The van der Waals surface area contributed by atoms with E-state index in [4.69, 9.17) is 4.74 Å². The first kappa shape index (κ1) is 20.9. The molecule has 1 spiro atoms. The molecule has 32 heavy (non-hydrogen) atoms. The molecule has 10 heteroatoms. The van der Waals surface area contributed by atoms with Gasteiger partial charge in [-0.25, -0.2) is 8.42 Å². The minimum absolute atomic E-state index is 0.137. The van der Waals surface area contributed by atoms with Crippen LogP contribution in [0.15, 0.2) is 42.7 Å². The molecule has 1 atom stereocenters. The van der Waals surface area contributed by atoms with Crippen molar-refractivity contribution < 1.29 is 23.1 Å². The average molecular weight is 457 g/mol. The lowest BCUT2D eigenvalue weighted by atomic mass is 9.69. The van der Waals surface area contributed by atoms with E-state index in [1.165, 1.54) is 10.5 Å². The van der Waals surface area contributed by atoms with E-state index in [1.807, 2.05) is 18.2 Å². The molecular formula is C22H24N4O5S. The van der Waals surface area contributed by atoms with E-state index < -0.39 is 21.5 Å². The van der Waals surface area contributed by atoms with Gasteiger partial charge in [0.25, 0.3) is 5.91 Å². The van der Waals surface area contributed by atoms with Gasteiger partial charge in [0.15, 0.2) is 0 Å². The van der Waals surface area contributed by atoms with Gasteiger partial charge in [-0.15, -0.1) is 0 Å². The molecule has 0 saturated carbocycles. The maximum atomic E-state index is 12.9. The number of aliphatic hydroxyl groups excluding tert-OH is 1. The monoisotopic (exact) mass is 456 g/mol. The lowest BCUT2D eigenvalue weighted by Crippen LogP contribution is -2.68. The molecule has 9 nitrogen and oxygen atoms in total. The summed E-state index contributed by atoms with van der Waals surface area (Å²) in [6.07, 6.45) is 4.29. The molecule has 2 aliphatic rings. The maximum Gasteiger partial charge on any atom is 0.255 e. The largest absolute Gasteiger partial charge is 0.497 e. The third-order valence-electron chi connectivity index (χ3n) is 6.49. The van der Waals surface area contributed by atoms with E-state index in [1.54, 1.807) is 30.3 Å². The fourth-order valence-electron chi connectivity index (χ4n) is 5.07. The Hall–Kier alpha value is -2.95. The summed E-state index contributed by atoms with van der Waals surface area (Å²) in [5.74, 6) is 0.537. The number of fused-ring (bicyclic) bond motifs is 4. The number of benzene rings is 1. The van der Waals surface area contributed by atoms with Crippen LogP contribution >= 0.6 is 0 Å². The molecule has 2 N–H and O–H groups in total. The predicted octanol–water partition coefficient (Wildman–Crippen LogP) is 1.27. The summed E-state index contributed by atoms with van der Waals surface area (Å²) >= 11 is 0. The molecule has 1 aromatic carbocycles. The fraction of sp³-hybridized carbons (Fsp3) is 0.364. The van der Waals surface area contributed by atoms with Gasteiger partial charge in [0.05, 0.1) is 31.6 Å². The Balaban J connectivity index is 1.61. The summed E-state index contributed by atoms with van der Waals surface area (Å²) in [5.41, 5.74) is 2.36. The molecule has 1 fully saturated rings. The van der Waals surface area contributed by atoms with E-state index in [-0.39, 0.29) is 19.1 Å². The molecule has 1 saturated heterocycles. The zero-order valence-electron chi connectivity index (χ0n) is 17.8. The second-order valence-corrected chi connectivity index (χ2v) is 10.5. The highest BCUT2D eigenvalue weighted by atomic mass is 32.2. The van der Waals surface area contributed by atoms with Crippen molar-refractivity contribution in [2.45, 2.75) is 11.5 Å². The molecule has 1 amide bonds. The molecule has 2 aliphatic heterocycles. The van der Waals surface area contributed by atoms with Gasteiger partial charge in [-0.3, -0.25) is 9.78 Å². The minimum atomic E-state index is -3.60. The number of pyridine rings is 1. The van der Waals surface area contributed by atoms with Gasteiger partial charge in [0.1, 0.15) is 5.75 Å². The number of carbonyl (C=O) groups excluding carboxylic acids is 1. The Morgan fingerprint density at radius 1 is 1.31 bits per heavy atom. The summed E-state index contributed by atoms with van der Waals surface area (Å²) in [6, 6.07) is 8.38. The predicted molar refractivity (Wildman–Crippen MR) is 118 cm³/mol. The van der Waals surface area contributed by atoms with E-state index in [2.05, 4.69) is 9.97 Å². The first-order chi connectivity index (χ1) is 15.3. The van der Waals surface area contributed by atoms with E-state index in [0.29, 0.717) is 30.1 Å². The number of aromatic nitrogens is 2. The Bertz CT molecular complexity index is 1300. The van der Waals surface area contributed by atoms with Crippen LogP contribution in [-0.2, 0) is 15.4 Å². The van der Waals surface area contributed by atoms with E-state index >= 15 is 0 Å². The van der Waals surface area contributed by atoms with Gasteiger partial charge in [-0.2, -0.15) is 4.31 Å². The fourth-order valence-corrected chi connectivity index (χ4v) is 6.18. The molecule has 4 heterocycles. The summed E-state index contributed by atoms with van der Waals surface area (Å²) in [5, 5.41) is 11.1. The number of ether oxygens (including phenoxy) is 1. The standard InChI is InChI=1S/C22H24N4O5S/c1-31-15-5-6-16-17(8-15)24-20-18(10-27)26(32(2,29)30)13-22(19(16)20)11-25(12-22)21(28)14-4-3-7-23-9-14/h3-9,18,24,27H,10-13H2,1-2H3/t18-/m0/s1. The summed E-state index contributed by atoms with van der Waals surface area (Å²) < 4.78 is 32.0. The van der Waals surface area contributed by atoms with Gasteiger partial charge in [-0.1, -0.05) is 0 Å². The van der Waals surface area contributed by atoms with Crippen molar-refractivity contribution in [3.05, 3.63) is 59.5 Å². The second-order valence-electron chi connectivity index (χ2n) is 8.52. The van der Waals surface area contributed by atoms with Crippen molar-refractivity contribution in [1.82, 2.24) is 19.2 Å². The number of likely N-dealkylation sites (tertiary alicyclic amines) is 1. The summed E-state index contributed by atoms with van der Waals surface area (Å²) in [6.45, 7) is 0.589. The second kappa shape index (κ2) is 7.29. The number of aromatic amines is 1. The highest BCUT2D eigenvalue weighted by molar-refractivity contribution is 7.88. The zero-order valence-corrected chi connectivity index (χ0v) is 18.6. The van der Waals surface area contributed by atoms with Gasteiger partial charge >= 0.3 is 0 Å². The number of rotatable bonds is 4. The van der Waals surface area contributed by atoms with Crippen LogP contribution < -0.4 is 4.74 Å². The quantitative estimate of drug-likeness (QED) is 0.611. The normalized spacial score (nSPS) is 20.2. The van der Waals surface area contributed by atoms with Gasteiger partial charge < -0.3 is 19.7 Å². The topological polar surface area (TPSA) is 116 Å². The number of amides is 1. The van der Waals surface area contributed by atoms with Crippen molar-refractivity contribution in [2.24, 2.45) is 0 Å². The molecule has 5 rings (SSSR count). The van der Waals surface area contributed by atoms with Crippen LogP contribution in [0.1, 0.15) is 27.7 Å². The molecule has 168 valence electrons. The zero-order chi connectivity index (χ0) is 22.7. The number of carbonyl (C=O) groups is 1. The first-order valence-corrected chi connectivity index (χ1v) is 12.1. The van der Waals surface area contributed by atoms with Crippen molar-refractivity contribution in [1.29, 1.82) is 0 Å². The molecule has 0 radical (unpaired) electrons. The van der Waals surface area contributed by atoms with Gasteiger partial charge in [-0.05, 0) is 29.8 Å². The number of sulfonamides is 1. The Kier molecular flexibility index (Phi) is 4.77. The Labute approximate surface area is 185 Å². The van der Waals surface area contributed by atoms with Crippen LogP contribution in [0.3, 0.4) is 0 Å². The third kappa shape index (κ3) is 3.09. The van der Waals surface area contributed by atoms with Gasteiger partial charge in [0.2, 0.25) is 10.0 Å². The number of hydrogen-bond acceptors (Lipinski definition) is 6. The SMILES string of the molecule is COc1ccc2c3c([nH]c2c1)[C@H](CO)N(S(C)(=O)=O)CC31CN(C(=O)c2cccnc2)C1. The average Bonchev–Trinajstić information content (AvgIpc) is 3.15. The van der Waals surface area contributed by atoms with Crippen molar-refractivity contribution in [3.8, 4) is 5.75 Å². The van der Waals surface area contributed by atoms with E-state index in [0.717, 1.165) is 22.7 Å². The smallest absolute Gasteiger partial charge is 0.255 e. The Morgan fingerprint density at radius 3 is 2.72 bits per heavy atom. The number of hydrogen-bond donors (Lipinski definition) is 2. The molecule has 3 aromatic rings. The maximum absolute atomic E-state index is 12.9. The van der Waals surface area contributed by atoms with Crippen LogP contribution in [0.25, 0.3) is 10.9 Å². The number of methoxy groups -OCH3 is 1. The van der Waals surface area contributed by atoms with Crippen molar-refractivity contribution in [2.75, 3.05) is 39.6 Å². The number of aliphatic hydroxyl groups is 1.